The van der Waals surface area contributed by atoms with Gasteiger partial charge >= 0.3 is 0 Å². The maximum atomic E-state index is 12.5. The van der Waals surface area contributed by atoms with Gasteiger partial charge in [-0.3, -0.25) is 4.79 Å². The first kappa shape index (κ1) is 14.9. The molecule has 0 saturated heterocycles. The number of hydrogen-bond acceptors (Lipinski definition) is 4. The Labute approximate surface area is 143 Å². The zero-order valence-electron chi connectivity index (χ0n) is 12.8. The van der Waals surface area contributed by atoms with Gasteiger partial charge in [0, 0.05) is 10.9 Å². The van der Waals surface area contributed by atoms with Crippen LogP contribution in [0.5, 0.6) is 11.5 Å². The number of amides is 1. The fourth-order valence-corrected chi connectivity index (χ4v) is 2.93. The standard InChI is InChI=1S/C18H14ClNO4/c1-10(15-7-11-4-2-3-5-14(11)24-15)20-18(21)12-6-13(19)17-16(8-12)22-9-23-17/h2-8,10H,9H2,1H3,(H,20,21)/t10-/m0/s1. The summed E-state index contributed by atoms with van der Waals surface area (Å²) in [5.41, 5.74) is 1.20. The summed E-state index contributed by atoms with van der Waals surface area (Å²) in [4.78, 5) is 12.5. The second-order valence-corrected chi connectivity index (χ2v) is 5.98. The highest BCUT2D eigenvalue weighted by atomic mass is 35.5. The van der Waals surface area contributed by atoms with Gasteiger partial charge < -0.3 is 19.2 Å². The van der Waals surface area contributed by atoms with Gasteiger partial charge in [0.2, 0.25) is 6.79 Å². The van der Waals surface area contributed by atoms with Crippen molar-refractivity contribution in [2.75, 3.05) is 6.79 Å². The first-order valence-electron chi connectivity index (χ1n) is 7.50. The molecule has 24 heavy (non-hydrogen) atoms. The summed E-state index contributed by atoms with van der Waals surface area (Å²) in [6.45, 7) is 1.97. The van der Waals surface area contributed by atoms with E-state index < -0.39 is 0 Å². The molecule has 0 unspecified atom stereocenters. The maximum Gasteiger partial charge on any atom is 0.252 e. The van der Waals surface area contributed by atoms with Crippen LogP contribution in [-0.2, 0) is 0 Å². The largest absolute Gasteiger partial charge is 0.459 e. The summed E-state index contributed by atoms with van der Waals surface area (Å²) in [6.07, 6.45) is 0. The Balaban J connectivity index is 1.56. The average Bonchev–Trinajstić information content (AvgIpc) is 3.21. The molecule has 0 bridgehead atoms. The summed E-state index contributed by atoms with van der Waals surface area (Å²) in [6, 6.07) is 12.5. The van der Waals surface area contributed by atoms with Crippen molar-refractivity contribution in [3.63, 3.8) is 0 Å². The lowest BCUT2D eigenvalue weighted by Crippen LogP contribution is -2.26. The Morgan fingerprint density at radius 2 is 2.04 bits per heavy atom. The molecule has 0 radical (unpaired) electrons. The Hall–Kier alpha value is -2.66. The molecule has 5 nitrogen and oxygen atoms in total. The molecule has 0 spiro atoms. The third-order valence-corrected chi connectivity index (χ3v) is 4.19. The van der Waals surface area contributed by atoms with E-state index in [0.717, 1.165) is 11.0 Å². The van der Waals surface area contributed by atoms with Crippen LogP contribution in [0.4, 0.5) is 0 Å². The number of fused-ring (bicyclic) bond motifs is 2. The van der Waals surface area contributed by atoms with Gasteiger partial charge in [0.05, 0.1) is 11.1 Å². The smallest absolute Gasteiger partial charge is 0.252 e. The Bertz CT molecular complexity index is 901. The lowest BCUT2D eigenvalue weighted by molar-refractivity contribution is 0.0935. The number of para-hydroxylation sites is 1. The summed E-state index contributed by atoms with van der Waals surface area (Å²) >= 11 is 6.12. The SMILES string of the molecule is C[C@H](NC(=O)c1cc(Cl)c2c(c1)OCO2)c1cc2ccccc2o1. The van der Waals surface area contributed by atoms with Gasteiger partial charge in [0.15, 0.2) is 11.5 Å². The Morgan fingerprint density at radius 1 is 1.21 bits per heavy atom. The number of hydrogen-bond donors (Lipinski definition) is 1. The normalized spacial score (nSPS) is 13.9. The summed E-state index contributed by atoms with van der Waals surface area (Å²) in [7, 11) is 0. The first-order chi connectivity index (χ1) is 11.6. The van der Waals surface area contributed by atoms with Crippen LogP contribution in [0.1, 0.15) is 29.1 Å². The molecule has 2 aromatic carbocycles. The van der Waals surface area contributed by atoms with Crippen LogP contribution >= 0.6 is 11.6 Å². The molecular weight excluding hydrogens is 330 g/mol. The van der Waals surface area contributed by atoms with Crippen LogP contribution in [0.2, 0.25) is 5.02 Å². The number of carbonyl (C=O) groups is 1. The predicted octanol–water partition coefficient (Wildman–Crippen LogP) is 4.31. The van der Waals surface area contributed by atoms with E-state index in [0.29, 0.717) is 27.8 Å². The quantitative estimate of drug-likeness (QED) is 0.770. The van der Waals surface area contributed by atoms with Gasteiger partial charge in [-0.25, -0.2) is 0 Å². The summed E-state index contributed by atoms with van der Waals surface area (Å²) in [5, 5.41) is 4.26. The lowest BCUT2D eigenvalue weighted by Gasteiger charge is -2.12. The van der Waals surface area contributed by atoms with Crippen LogP contribution < -0.4 is 14.8 Å². The number of halogens is 1. The lowest BCUT2D eigenvalue weighted by atomic mass is 10.1. The second kappa shape index (κ2) is 5.76. The highest BCUT2D eigenvalue weighted by Crippen LogP contribution is 2.39. The number of ether oxygens (including phenoxy) is 2. The zero-order valence-corrected chi connectivity index (χ0v) is 13.6. The maximum absolute atomic E-state index is 12.5. The molecule has 1 atom stereocenters. The van der Waals surface area contributed by atoms with Crippen molar-refractivity contribution in [1.29, 1.82) is 0 Å². The van der Waals surface area contributed by atoms with Crippen molar-refractivity contribution < 1.29 is 18.7 Å². The van der Waals surface area contributed by atoms with E-state index in [-0.39, 0.29) is 18.7 Å². The number of carbonyl (C=O) groups excluding carboxylic acids is 1. The molecule has 1 aromatic heterocycles. The number of rotatable bonds is 3. The van der Waals surface area contributed by atoms with E-state index in [2.05, 4.69) is 5.32 Å². The molecule has 1 aliphatic heterocycles. The molecule has 2 heterocycles. The third kappa shape index (κ3) is 2.57. The van der Waals surface area contributed by atoms with Crippen LogP contribution in [0.25, 0.3) is 11.0 Å². The predicted molar refractivity (Wildman–Crippen MR) is 89.7 cm³/mol. The van der Waals surface area contributed by atoms with Crippen LogP contribution in [0, 0.1) is 0 Å². The molecule has 1 aliphatic rings. The Kier molecular flexibility index (Phi) is 3.58. The van der Waals surface area contributed by atoms with Crippen molar-refractivity contribution in [3.8, 4) is 11.5 Å². The highest BCUT2D eigenvalue weighted by Gasteiger charge is 2.22. The minimum atomic E-state index is -0.283. The Morgan fingerprint density at radius 3 is 2.88 bits per heavy atom. The molecule has 4 rings (SSSR count). The number of benzene rings is 2. The fraction of sp³-hybridized carbons (Fsp3) is 0.167. The van der Waals surface area contributed by atoms with Gasteiger partial charge in [-0.2, -0.15) is 0 Å². The zero-order chi connectivity index (χ0) is 16.7. The third-order valence-electron chi connectivity index (χ3n) is 3.91. The molecular formula is C18H14ClNO4. The van der Waals surface area contributed by atoms with E-state index in [4.69, 9.17) is 25.5 Å². The van der Waals surface area contributed by atoms with Crippen molar-refractivity contribution in [2.45, 2.75) is 13.0 Å². The van der Waals surface area contributed by atoms with E-state index in [9.17, 15) is 4.79 Å². The van der Waals surface area contributed by atoms with E-state index >= 15 is 0 Å². The topological polar surface area (TPSA) is 60.7 Å². The van der Waals surface area contributed by atoms with Gasteiger partial charge in [0.1, 0.15) is 11.3 Å². The van der Waals surface area contributed by atoms with Crippen molar-refractivity contribution in [1.82, 2.24) is 5.32 Å². The molecule has 1 N–H and O–H groups in total. The van der Waals surface area contributed by atoms with Gasteiger partial charge in [-0.05, 0) is 31.2 Å². The second-order valence-electron chi connectivity index (χ2n) is 5.57. The fourth-order valence-electron chi connectivity index (χ4n) is 2.67. The molecule has 1 amide bonds. The van der Waals surface area contributed by atoms with Crippen molar-refractivity contribution in [3.05, 3.63) is 58.8 Å². The first-order valence-corrected chi connectivity index (χ1v) is 7.88. The monoisotopic (exact) mass is 343 g/mol. The summed E-state index contributed by atoms with van der Waals surface area (Å²) in [5.74, 6) is 1.38. The molecule has 0 saturated carbocycles. The molecule has 0 fully saturated rings. The number of furan rings is 1. The van der Waals surface area contributed by atoms with Crippen molar-refractivity contribution in [2.24, 2.45) is 0 Å². The molecule has 0 aliphatic carbocycles. The van der Waals surface area contributed by atoms with Gasteiger partial charge in [-0.1, -0.05) is 29.8 Å². The minimum absolute atomic E-state index is 0.107. The molecule has 122 valence electrons. The van der Waals surface area contributed by atoms with Crippen LogP contribution in [0.15, 0.2) is 46.9 Å². The van der Waals surface area contributed by atoms with Crippen molar-refractivity contribution >= 4 is 28.5 Å². The van der Waals surface area contributed by atoms with E-state index in [1.165, 1.54) is 0 Å². The molecule has 6 heteroatoms. The number of nitrogens with one attached hydrogen (secondary N) is 1. The van der Waals surface area contributed by atoms with Crippen LogP contribution in [0.3, 0.4) is 0 Å². The van der Waals surface area contributed by atoms with Gasteiger partial charge in [0.25, 0.3) is 5.91 Å². The molecule has 3 aromatic rings. The average molecular weight is 344 g/mol. The van der Waals surface area contributed by atoms with E-state index in [1.807, 2.05) is 37.3 Å². The van der Waals surface area contributed by atoms with Crippen LogP contribution in [-0.4, -0.2) is 12.7 Å². The van der Waals surface area contributed by atoms with Gasteiger partial charge in [-0.15, -0.1) is 0 Å². The van der Waals surface area contributed by atoms with E-state index in [1.54, 1.807) is 12.1 Å². The summed E-state index contributed by atoms with van der Waals surface area (Å²) < 4.78 is 16.3. The minimum Gasteiger partial charge on any atom is -0.459 e. The highest BCUT2D eigenvalue weighted by molar-refractivity contribution is 6.32.